The van der Waals surface area contributed by atoms with Crippen LogP contribution in [0.1, 0.15) is 12.1 Å². The Kier molecular flexibility index (Phi) is 4.26. The number of hydrogen-bond donors (Lipinski definition) is 0. The fraction of sp³-hybridized carbons (Fsp3) is 0.500. The van der Waals surface area contributed by atoms with Crippen LogP contribution in [-0.2, 0) is 14.3 Å². The molecular weight excluding hydrogens is 248 g/mol. The molecule has 0 radical (unpaired) electrons. The van der Waals surface area contributed by atoms with Gasteiger partial charge >= 0.3 is 5.97 Å². The number of methoxy groups -OCH3 is 1. The van der Waals surface area contributed by atoms with Gasteiger partial charge in [0.25, 0.3) is 0 Å². The molecule has 0 spiro atoms. The minimum atomic E-state index is -0.294. The van der Waals surface area contributed by atoms with E-state index < -0.39 is 0 Å². The van der Waals surface area contributed by atoms with Gasteiger partial charge in [0.2, 0.25) is 0 Å². The molecule has 7 heteroatoms. The number of carbonyl (C=O) groups excluding carboxylic acids is 1. The van der Waals surface area contributed by atoms with Crippen LogP contribution in [0.4, 0.5) is 5.82 Å². The summed E-state index contributed by atoms with van der Waals surface area (Å²) in [7, 11) is 1.36. The summed E-state index contributed by atoms with van der Waals surface area (Å²) in [5, 5.41) is 8.67. The van der Waals surface area contributed by atoms with Crippen molar-refractivity contribution in [3.63, 3.8) is 0 Å². The quantitative estimate of drug-likeness (QED) is 0.714. The first kappa shape index (κ1) is 13.2. The van der Waals surface area contributed by atoms with Gasteiger partial charge in [0.05, 0.1) is 38.6 Å². The number of carbonyl (C=O) groups is 1. The summed E-state index contributed by atoms with van der Waals surface area (Å²) >= 11 is 0. The highest BCUT2D eigenvalue weighted by atomic mass is 16.5. The van der Waals surface area contributed by atoms with Gasteiger partial charge < -0.3 is 14.4 Å². The molecule has 2 rings (SSSR count). The van der Waals surface area contributed by atoms with Gasteiger partial charge in [0.1, 0.15) is 11.9 Å². The Bertz CT molecular complexity index is 483. The van der Waals surface area contributed by atoms with E-state index in [1.165, 1.54) is 13.3 Å². The molecule has 0 aliphatic carbocycles. The summed E-state index contributed by atoms with van der Waals surface area (Å²) in [4.78, 5) is 21.4. The summed E-state index contributed by atoms with van der Waals surface area (Å²) in [6.07, 6.45) is 2.99. The van der Waals surface area contributed by atoms with Crippen molar-refractivity contribution >= 4 is 11.8 Å². The molecule has 0 bridgehead atoms. The van der Waals surface area contributed by atoms with E-state index in [0.29, 0.717) is 25.5 Å². The van der Waals surface area contributed by atoms with Crippen molar-refractivity contribution in [2.24, 2.45) is 0 Å². The Labute approximate surface area is 110 Å². The lowest BCUT2D eigenvalue weighted by atomic mass is 10.2. The number of esters is 1. The average molecular weight is 262 g/mol. The molecule has 1 aliphatic rings. The molecule has 0 amide bonds. The number of ether oxygens (including phenoxy) is 2. The zero-order valence-electron chi connectivity index (χ0n) is 10.6. The lowest BCUT2D eigenvalue weighted by molar-refractivity contribution is -0.144. The van der Waals surface area contributed by atoms with E-state index >= 15 is 0 Å². The van der Waals surface area contributed by atoms with Crippen molar-refractivity contribution in [2.75, 3.05) is 31.7 Å². The van der Waals surface area contributed by atoms with E-state index in [1.54, 1.807) is 6.20 Å². The van der Waals surface area contributed by atoms with Crippen LogP contribution in [0.5, 0.6) is 0 Å². The SMILES string of the molecule is COC(=O)CC1CN(c2cnc(C#N)cn2)CCO1. The molecule has 1 aliphatic heterocycles. The third-order valence-electron chi connectivity index (χ3n) is 2.84. The van der Waals surface area contributed by atoms with Crippen LogP contribution in [0, 0.1) is 11.3 Å². The van der Waals surface area contributed by atoms with Crippen molar-refractivity contribution in [1.82, 2.24) is 9.97 Å². The normalized spacial score (nSPS) is 18.7. The highest BCUT2D eigenvalue weighted by Crippen LogP contribution is 2.16. The second-order valence-corrected chi connectivity index (χ2v) is 4.09. The standard InChI is InChI=1S/C12H14N4O3/c1-18-12(17)4-10-8-16(2-3-19-10)11-7-14-9(5-13)6-15-11/h6-7,10H,2-4,8H2,1H3. The molecule has 1 atom stereocenters. The van der Waals surface area contributed by atoms with Crippen LogP contribution in [0.2, 0.25) is 0 Å². The van der Waals surface area contributed by atoms with Crippen molar-refractivity contribution < 1.29 is 14.3 Å². The van der Waals surface area contributed by atoms with Gasteiger partial charge in [-0.1, -0.05) is 0 Å². The fourth-order valence-corrected chi connectivity index (χ4v) is 1.86. The van der Waals surface area contributed by atoms with Crippen LogP contribution >= 0.6 is 0 Å². The van der Waals surface area contributed by atoms with Crippen molar-refractivity contribution in [2.45, 2.75) is 12.5 Å². The smallest absolute Gasteiger partial charge is 0.308 e. The number of morpholine rings is 1. The second kappa shape index (κ2) is 6.11. The lowest BCUT2D eigenvalue weighted by Gasteiger charge is -2.33. The van der Waals surface area contributed by atoms with Crippen molar-refractivity contribution in [3.05, 3.63) is 18.1 Å². The number of rotatable bonds is 3. The Hall–Kier alpha value is -2.20. The molecule has 1 unspecified atom stereocenters. The minimum Gasteiger partial charge on any atom is -0.469 e. The van der Waals surface area contributed by atoms with Crippen LogP contribution in [0.3, 0.4) is 0 Å². The van der Waals surface area contributed by atoms with Gasteiger partial charge in [0.15, 0.2) is 5.69 Å². The third-order valence-corrected chi connectivity index (χ3v) is 2.84. The number of nitrogens with zero attached hydrogens (tertiary/aromatic N) is 4. The molecule has 1 aromatic rings. The van der Waals surface area contributed by atoms with Crippen molar-refractivity contribution in [3.8, 4) is 6.07 Å². The maximum absolute atomic E-state index is 11.2. The molecule has 0 saturated carbocycles. The van der Waals surface area contributed by atoms with Gasteiger partial charge in [-0.25, -0.2) is 9.97 Å². The number of aromatic nitrogens is 2. The van der Waals surface area contributed by atoms with Gasteiger partial charge in [0, 0.05) is 13.1 Å². The average Bonchev–Trinajstić information content (AvgIpc) is 2.47. The molecule has 7 nitrogen and oxygen atoms in total. The Balaban J connectivity index is 2.00. The van der Waals surface area contributed by atoms with E-state index in [9.17, 15) is 4.79 Å². The van der Waals surface area contributed by atoms with Crippen LogP contribution < -0.4 is 4.90 Å². The molecule has 100 valence electrons. The summed E-state index contributed by atoms with van der Waals surface area (Å²) < 4.78 is 10.1. The highest BCUT2D eigenvalue weighted by Gasteiger charge is 2.24. The van der Waals surface area contributed by atoms with Gasteiger partial charge in [-0.2, -0.15) is 5.26 Å². The van der Waals surface area contributed by atoms with Gasteiger partial charge in [-0.05, 0) is 0 Å². The van der Waals surface area contributed by atoms with E-state index in [1.807, 2.05) is 11.0 Å². The first-order valence-electron chi connectivity index (χ1n) is 5.88. The molecular formula is C12H14N4O3. The van der Waals surface area contributed by atoms with Crippen LogP contribution in [-0.4, -0.2) is 48.8 Å². The van der Waals surface area contributed by atoms with E-state index in [0.717, 1.165) is 0 Å². The second-order valence-electron chi connectivity index (χ2n) is 4.09. The molecule has 2 heterocycles. The first-order chi connectivity index (χ1) is 9.22. The van der Waals surface area contributed by atoms with Gasteiger partial charge in [-0.15, -0.1) is 0 Å². The van der Waals surface area contributed by atoms with Gasteiger partial charge in [-0.3, -0.25) is 4.79 Å². The Morgan fingerprint density at radius 2 is 2.47 bits per heavy atom. The molecule has 19 heavy (non-hydrogen) atoms. The number of hydrogen-bond acceptors (Lipinski definition) is 7. The molecule has 1 aromatic heterocycles. The lowest BCUT2D eigenvalue weighted by Crippen LogP contribution is -2.43. The van der Waals surface area contributed by atoms with E-state index in [-0.39, 0.29) is 24.2 Å². The van der Waals surface area contributed by atoms with Crippen LogP contribution in [0.25, 0.3) is 0 Å². The predicted octanol–water partition coefficient (Wildman–Crippen LogP) is 0.117. The fourth-order valence-electron chi connectivity index (χ4n) is 1.86. The Morgan fingerprint density at radius 3 is 3.11 bits per heavy atom. The summed E-state index contributed by atoms with van der Waals surface area (Å²) in [6, 6.07) is 1.92. The van der Waals surface area contributed by atoms with Crippen molar-refractivity contribution in [1.29, 1.82) is 5.26 Å². The Morgan fingerprint density at radius 1 is 1.63 bits per heavy atom. The number of anilines is 1. The largest absolute Gasteiger partial charge is 0.469 e. The van der Waals surface area contributed by atoms with E-state index in [2.05, 4.69) is 14.7 Å². The number of nitriles is 1. The summed E-state index contributed by atoms with van der Waals surface area (Å²) in [6.45, 7) is 1.75. The molecule has 0 aromatic carbocycles. The molecule has 0 N–H and O–H groups in total. The maximum atomic E-state index is 11.2. The molecule has 1 fully saturated rings. The topological polar surface area (TPSA) is 88.3 Å². The predicted molar refractivity (Wildman–Crippen MR) is 65.3 cm³/mol. The summed E-state index contributed by atoms with van der Waals surface area (Å²) in [5.41, 5.74) is 0.281. The zero-order chi connectivity index (χ0) is 13.7. The summed E-state index contributed by atoms with van der Waals surface area (Å²) in [5.74, 6) is 0.384. The zero-order valence-corrected chi connectivity index (χ0v) is 10.6. The highest BCUT2D eigenvalue weighted by molar-refractivity contribution is 5.69. The molecule has 1 saturated heterocycles. The minimum absolute atomic E-state index is 0.210. The monoisotopic (exact) mass is 262 g/mol. The van der Waals surface area contributed by atoms with Crippen LogP contribution in [0.15, 0.2) is 12.4 Å². The maximum Gasteiger partial charge on any atom is 0.308 e. The third kappa shape index (κ3) is 3.39. The first-order valence-corrected chi connectivity index (χ1v) is 5.88. The van der Waals surface area contributed by atoms with E-state index in [4.69, 9.17) is 10.00 Å².